The van der Waals surface area contributed by atoms with Crippen LogP contribution in [0.15, 0.2) is 10.6 Å². The number of nitrogens with two attached hydrogens (primary N) is 1. The Hall–Kier alpha value is -1.56. The predicted molar refractivity (Wildman–Crippen MR) is 51.5 cm³/mol. The predicted octanol–water partition coefficient (Wildman–Crippen LogP) is 0.289. The molecule has 84 valence electrons. The van der Waals surface area contributed by atoms with E-state index < -0.39 is 0 Å². The van der Waals surface area contributed by atoms with Gasteiger partial charge in [-0.3, -0.25) is 4.79 Å². The quantitative estimate of drug-likeness (QED) is 0.709. The highest BCUT2D eigenvalue weighted by molar-refractivity contribution is 5.70. The highest BCUT2D eigenvalue weighted by Gasteiger charge is 2.19. The first-order valence-electron chi connectivity index (χ1n) is 4.48. The third kappa shape index (κ3) is 2.95. The minimum atomic E-state index is -0.333. The van der Waals surface area contributed by atoms with Gasteiger partial charge in [0.05, 0.1) is 20.6 Å². The average Bonchev–Trinajstić information content (AvgIpc) is 2.73. The molecule has 0 saturated heterocycles. The van der Waals surface area contributed by atoms with Crippen molar-refractivity contribution in [1.82, 2.24) is 5.16 Å². The first-order chi connectivity index (χ1) is 7.21. The summed E-state index contributed by atoms with van der Waals surface area (Å²) >= 11 is 0. The number of rotatable bonds is 5. The summed E-state index contributed by atoms with van der Waals surface area (Å²) in [6.45, 7) is 0.285. The Kier molecular flexibility index (Phi) is 4.11. The van der Waals surface area contributed by atoms with Gasteiger partial charge < -0.3 is 19.7 Å². The van der Waals surface area contributed by atoms with Crippen molar-refractivity contribution in [3.63, 3.8) is 0 Å². The molecule has 0 radical (unpaired) electrons. The third-order valence-electron chi connectivity index (χ3n) is 2.04. The normalized spacial score (nSPS) is 12.2. The van der Waals surface area contributed by atoms with Crippen molar-refractivity contribution < 1.29 is 18.8 Å². The van der Waals surface area contributed by atoms with E-state index in [-0.39, 0.29) is 24.9 Å². The Morgan fingerprint density at radius 1 is 1.67 bits per heavy atom. The lowest BCUT2D eigenvalue weighted by atomic mass is 10.0. The molecule has 0 saturated carbocycles. The number of methoxy groups -OCH3 is 2. The van der Waals surface area contributed by atoms with Crippen molar-refractivity contribution >= 4 is 5.97 Å². The molecular formula is C9H14N2O4. The Morgan fingerprint density at radius 2 is 2.40 bits per heavy atom. The van der Waals surface area contributed by atoms with Crippen LogP contribution in [0.3, 0.4) is 0 Å². The largest absolute Gasteiger partial charge is 0.479 e. The number of hydrogen-bond donors (Lipinski definition) is 1. The van der Waals surface area contributed by atoms with Crippen LogP contribution in [-0.2, 0) is 9.53 Å². The molecular weight excluding hydrogens is 200 g/mol. The van der Waals surface area contributed by atoms with E-state index in [1.54, 1.807) is 6.07 Å². The topological polar surface area (TPSA) is 87.6 Å². The van der Waals surface area contributed by atoms with Crippen LogP contribution in [0.25, 0.3) is 0 Å². The molecule has 0 spiro atoms. The van der Waals surface area contributed by atoms with Gasteiger partial charge in [-0.2, -0.15) is 0 Å². The average molecular weight is 214 g/mol. The highest BCUT2D eigenvalue weighted by Crippen LogP contribution is 2.22. The number of ether oxygens (including phenoxy) is 2. The molecule has 1 atom stereocenters. The summed E-state index contributed by atoms with van der Waals surface area (Å²) in [6.07, 6.45) is 0.172. The molecule has 6 nitrogen and oxygen atoms in total. The van der Waals surface area contributed by atoms with Crippen LogP contribution in [0.2, 0.25) is 0 Å². The molecule has 1 aromatic rings. The Labute approximate surface area is 87.3 Å². The van der Waals surface area contributed by atoms with Gasteiger partial charge in [0.25, 0.3) is 5.88 Å². The molecule has 0 aliphatic rings. The molecule has 1 aromatic heterocycles. The van der Waals surface area contributed by atoms with Crippen molar-refractivity contribution in [1.29, 1.82) is 0 Å². The van der Waals surface area contributed by atoms with Gasteiger partial charge in [-0.1, -0.05) is 0 Å². The van der Waals surface area contributed by atoms with Gasteiger partial charge >= 0.3 is 5.97 Å². The van der Waals surface area contributed by atoms with E-state index in [2.05, 4.69) is 9.89 Å². The van der Waals surface area contributed by atoms with Crippen LogP contribution in [-0.4, -0.2) is 31.9 Å². The third-order valence-corrected chi connectivity index (χ3v) is 2.04. The summed E-state index contributed by atoms with van der Waals surface area (Å²) in [6, 6.07) is 1.61. The number of carbonyl (C=O) groups excluding carboxylic acids is 1. The first-order valence-corrected chi connectivity index (χ1v) is 4.48. The fraction of sp³-hybridized carbons (Fsp3) is 0.556. The molecule has 1 rings (SSSR count). The lowest BCUT2D eigenvalue weighted by molar-refractivity contribution is -0.141. The molecule has 0 amide bonds. The zero-order valence-corrected chi connectivity index (χ0v) is 8.73. The molecule has 6 heteroatoms. The van der Waals surface area contributed by atoms with Crippen LogP contribution in [0.1, 0.15) is 18.1 Å². The SMILES string of the molecule is COC(=O)CC(CN)c1cc(OC)no1. The van der Waals surface area contributed by atoms with Gasteiger partial charge in [0.2, 0.25) is 0 Å². The Balaban J connectivity index is 2.69. The first kappa shape index (κ1) is 11.5. The second-order valence-corrected chi connectivity index (χ2v) is 2.98. The van der Waals surface area contributed by atoms with Gasteiger partial charge in [0, 0.05) is 18.5 Å². The van der Waals surface area contributed by atoms with Gasteiger partial charge in [0.15, 0.2) is 0 Å². The van der Waals surface area contributed by atoms with Crippen LogP contribution >= 0.6 is 0 Å². The van der Waals surface area contributed by atoms with Gasteiger partial charge in [-0.05, 0) is 5.16 Å². The Bertz CT molecular complexity index is 324. The highest BCUT2D eigenvalue weighted by atomic mass is 16.5. The molecule has 0 fully saturated rings. The van der Waals surface area contributed by atoms with Crippen LogP contribution in [0.4, 0.5) is 0 Å². The second-order valence-electron chi connectivity index (χ2n) is 2.98. The van der Waals surface area contributed by atoms with E-state index in [9.17, 15) is 4.79 Å². The number of aromatic nitrogens is 1. The lowest BCUT2D eigenvalue weighted by Gasteiger charge is -2.08. The lowest BCUT2D eigenvalue weighted by Crippen LogP contribution is -2.16. The summed E-state index contributed by atoms with van der Waals surface area (Å²) < 4.78 is 14.4. The zero-order chi connectivity index (χ0) is 11.3. The summed E-state index contributed by atoms with van der Waals surface area (Å²) in [5.41, 5.74) is 5.52. The second kappa shape index (κ2) is 5.35. The molecule has 0 bridgehead atoms. The maximum atomic E-state index is 11.1. The van der Waals surface area contributed by atoms with Crippen LogP contribution in [0.5, 0.6) is 5.88 Å². The minimum absolute atomic E-state index is 0.172. The number of esters is 1. The maximum absolute atomic E-state index is 11.1. The van der Waals surface area contributed by atoms with E-state index in [1.807, 2.05) is 0 Å². The molecule has 1 heterocycles. The summed E-state index contributed by atoms with van der Waals surface area (Å²) in [5, 5.41) is 3.63. The fourth-order valence-electron chi connectivity index (χ4n) is 1.15. The number of carbonyl (C=O) groups is 1. The fourth-order valence-corrected chi connectivity index (χ4v) is 1.15. The number of nitrogens with zero attached hydrogens (tertiary/aromatic N) is 1. The molecule has 0 aliphatic heterocycles. The van der Waals surface area contributed by atoms with Crippen molar-refractivity contribution in [3.8, 4) is 5.88 Å². The van der Waals surface area contributed by atoms with Gasteiger partial charge in [-0.15, -0.1) is 0 Å². The molecule has 15 heavy (non-hydrogen) atoms. The summed E-state index contributed by atoms with van der Waals surface area (Å²) in [7, 11) is 2.82. The molecule has 0 aliphatic carbocycles. The van der Waals surface area contributed by atoms with E-state index in [4.69, 9.17) is 15.0 Å². The van der Waals surface area contributed by atoms with E-state index in [1.165, 1.54) is 14.2 Å². The van der Waals surface area contributed by atoms with Crippen LogP contribution in [0, 0.1) is 0 Å². The van der Waals surface area contributed by atoms with E-state index in [0.717, 1.165) is 0 Å². The van der Waals surface area contributed by atoms with Crippen molar-refractivity contribution in [3.05, 3.63) is 11.8 Å². The van der Waals surface area contributed by atoms with Crippen molar-refractivity contribution in [2.24, 2.45) is 5.73 Å². The molecule has 1 unspecified atom stereocenters. The smallest absolute Gasteiger partial charge is 0.306 e. The maximum Gasteiger partial charge on any atom is 0.306 e. The van der Waals surface area contributed by atoms with E-state index in [0.29, 0.717) is 11.6 Å². The standard InChI is InChI=1S/C9H14N2O4/c1-13-8-4-7(15-11-8)6(5-10)3-9(12)14-2/h4,6H,3,5,10H2,1-2H3. The summed E-state index contributed by atoms with van der Waals surface area (Å²) in [4.78, 5) is 11.1. The minimum Gasteiger partial charge on any atom is -0.479 e. The van der Waals surface area contributed by atoms with Gasteiger partial charge in [-0.25, -0.2) is 0 Å². The molecule has 0 aromatic carbocycles. The zero-order valence-electron chi connectivity index (χ0n) is 8.73. The Morgan fingerprint density at radius 3 is 2.87 bits per heavy atom. The molecule has 2 N–H and O–H groups in total. The van der Waals surface area contributed by atoms with Gasteiger partial charge in [0.1, 0.15) is 5.76 Å². The van der Waals surface area contributed by atoms with E-state index >= 15 is 0 Å². The summed E-state index contributed by atoms with van der Waals surface area (Å²) in [5.74, 6) is 0.336. The van der Waals surface area contributed by atoms with Crippen molar-refractivity contribution in [2.45, 2.75) is 12.3 Å². The number of hydrogen-bond acceptors (Lipinski definition) is 6. The van der Waals surface area contributed by atoms with Crippen molar-refractivity contribution in [2.75, 3.05) is 20.8 Å². The van der Waals surface area contributed by atoms with Crippen LogP contribution < -0.4 is 10.5 Å². The monoisotopic (exact) mass is 214 g/mol.